The summed E-state index contributed by atoms with van der Waals surface area (Å²) in [5, 5.41) is 5.49. The van der Waals surface area contributed by atoms with E-state index in [1.54, 1.807) is 0 Å². The van der Waals surface area contributed by atoms with Crippen molar-refractivity contribution in [3.63, 3.8) is 0 Å². The van der Waals surface area contributed by atoms with Crippen LogP contribution in [-0.4, -0.2) is 24.0 Å². The fourth-order valence-electron chi connectivity index (χ4n) is 2.82. The Kier molecular flexibility index (Phi) is 5.46. The van der Waals surface area contributed by atoms with Gasteiger partial charge in [-0.1, -0.05) is 6.07 Å². The number of Topliss-reactive ketones (excluding diaryl/α,β-unsaturated/α-hetero) is 1. The molecule has 0 spiro atoms. The molecule has 1 aliphatic rings. The van der Waals surface area contributed by atoms with E-state index in [1.807, 2.05) is 0 Å². The summed E-state index contributed by atoms with van der Waals surface area (Å²) in [6.07, 6.45) is 0. The first-order chi connectivity index (χ1) is 13.3. The minimum atomic E-state index is -1.19. The molecule has 0 unspecified atom stereocenters. The maximum absolute atomic E-state index is 14.4. The average molecular weight is 406 g/mol. The quantitative estimate of drug-likeness (QED) is 0.463. The highest BCUT2D eigenvalue weighted by atomic mass is 32.1. The Morgan fingerprint density at radius 2 is 1.68 bits per heavy atom. The molecule has 0 saturated heterocycles. The van der Waals surface area contributed by atoms with Gasteiger partial charge < -0.3 is 15.4 Å². The number of esters is 1. The van der Waals surface area contributed by atoms with Crippen LogP contribution in [0.4, 0.5) is 13.2 Å². The second-order valence-corrected chi connectivity index (χ2v) is 6.22. The first kappa shape index (κ1) is 19.6. The molecule has 1 atom stereocenters. The zero-order valence-electron chi connectivity index (χ0n) is 14.4. The van der Waals surface area contributed by atoms with Crippen molar-refractivity contribution in [1.82, 2.24) is 10.6 Å². The number of nitrogens with one attached hydrogen (secondary N) is 2. The van der Waals surface area contributed by atoms with Crippen LogP contribution in [0.2, 0.25) is 0 Å². The van der Waals surface area contributed by atoms with E-state index >= 15 is 0 Å². The van der Waals surface area contributed by atoms with Gasteiger partial charge in [0.25, 0.3) is 5.78 Å². The molecule has 3 rings (SSSR count). The van der Waals surface area contributed by atoms with Crippen molar-refractivity contribution < 1.29 is 27.5 Å². The van der Waals surface area contributed by atoms with Gasteiger partial charge >= 0.3 is 5.97 Å². The summed E-state index contributed by atoms with van der Waals surface area (Å²) in [7, 11) is 1.03. The van der Waals surface area contributed by atoms with Gasteiger partial charge in [-0.3, -0.25) is 4.79 Å². The van der Waals surface area contributed by atoms with Gasteiger partial charge in [0.1, 0.15) is 17.5 Å². The minimum Gasteiger partial charge on any atom is -0.463 e. The maximum atomic E-state index is 14.4. The third-order valence-corrected chi connectivity index (χ3v) is 4.31. The highest BCUT2D eigenvalue weighted by molar-refractivity contribution is 7.80. The van der Waals surface area contributed by atoms with Gasteiger partial charge in [-0.25, -0.2) is 18.0 Å². The smallest absolute Gasteiger partial charge is 0.379 e. The number of carbonyl (C=O) groups is 2. The molecular weight excluding hydrogens is 393 g/mol. The lowest BCUT2D eigenvalue weighted by Gasteiger charge is -2.31. The number of methoxy groups -OCH3 is 1. The Bertz CT molecular complexity index is 1010. The van der Waals surface area contributed by atoms with Crippen LogP contribution in [0.3, 0.4) is 0 Å². The maximum Gasteiger partial charge on any atom is 0.379 e. The highest BCUT2D eigenvalue weighted by Gasteiger charge is 2.36. The summed E-state index contributed by atoms with van der Waals surface area (Å²) in [6, 6.07) is 6.67. The Labute approximate surface area is 163 Å². The van der Waals surface area contributed by atoms with E-state index in [2.05, 4.69) is 15.4 Å². The summed E-state index contributed by atoms with van der Waals surface area (Å²) in [4.78, 5) is 24.7. The van der Waals surface area contributed by atoms with Gasteiger partial charge in [-0.05, 0) is 48.1 Å². The Hall–Kier alpha value is -3.20. The average Bonchev–Trinajstić information content (AvgIpc) is 2.66. The number of carbonyl (C=O) groups excluding carboxylic acids is 2. The van der Waals surface area contributed by atoms with Crippen LogP contribution in [0, 0.1) is 17.5 Å². The first-order valence-electron chi connectivity index (χ1n) is 7.97. The number of ether oxygens (including phenoxy) is 1. The van der Waals surface area contributed by atoms with Gasteiger partial charge in [0.2, 0.25) is 0 Å². The zero-order valence-corrected chi connectivity index (χ0v) is 15.2. The van der Waals surface area contributed by atoms with Crippen molar-refractivity contribution >= 4 is 34.8 Å². The van der Waals surface area contributed by atoms with Crippen molar-refractivity contribution in [1.29, 1.82) is 0 Å². The van der Waals surface area contributed by atoms with E-state index in [-0.39, 0.29) is 21.9 Å². The molecular formula is C19H13F3N2O3S. The van der Waals surface area contributed by atoms with Gasteiger partial charge in [-0.2, -0.15) is 0 Å². The molecule has 2 aromatic carbocycles. The third-order valence-electron chi connectivity index (χ3n) is 4.09. The molecule has 5 nitrogen and oxygen atoms in total. The van der Waals surface area contributed by atoms with Gasteiger partial charge in [0.05, 0.1) is 24.4 Å². The van der Waals surface area contributed by atoms with Crippen molar-refractivity contribution in [2.45, 2.75) is 6.04 Å². The SMILES string of the molecule is COC(=O)C(=O)C1=C(c2ccc(F)cc2)NC(=S)N[C@H]1c1ccc(F)cc1F. The second-order valence-electron chi connectivity index (χ2n) is 5.81. The lowest BCUT2D eigenvalue weighted by Crippen LogP contribution is -2.46. The highest BCUT2D eigenvalue weighted by Crippen LogP contribution is 2.33. The summed E-state index contributed by atoms with van der Waals surface area (Å²) in [6.45, 7) is 0. The summed E-state index contributed by atoms with van der Waals surface area (Å²) < 4.78 is 45.5. The third kappa shape index (κ3) is 3.74. The minimum absolute atomic E-state index is 0.0365. The summed E-state index contributed by atoms with van der Waals surface area (Å²) >= 11 is 5.13. The van der Waals surface area contributed by atoms with Gasteiger partial charge in [-0.15, -0.1) is 0 Å². The molecule has 0 aromatic heterocycles. The van der Waals surface area contributed by atoms with Crippen LogP contribution in [0.25, 0.3) is 5.70 Å². The molecule has 2 N–H and O–H groups in total. The molecule has 0 radical (unpaired) electrons. The lowest BCUT2D eigenvalue weighted by molar-refractivity contribution is -0.150. The molecule has 144 valence electrons. The molecule has 1 heterocycles. The molecule has 9 heteroatoms. The molecule has 0 bridgehead atoms. The molecule has 2 aromatic rings. The molecule has 0 aliphatic carbocycles. The number of thiocarbonyl (C=S) groups is 1. The van der Waals surface area contributed by atoms with E-state index < -0.39 is 35.2 Å². The topological polar surface area (TPSA) is 67.4 Å². The standard InChI is InChI=1S/C19H13F3N2O3S/c1-27-18(26)17(25)14-15(9-2-4-10(20)5-3-9)23-19(28)24-16(14)12-7-6-11(21)8-13(12)22/h2-8,16H,1H3,(H2,23,24,28)/t16-/m0/s1. The summed E-state index contributed by atoms with van der Waals surface area (Å²) in [5.41, 5.74) is 0.132. The number of hydrogen-bond donors (Lipinski definition) is 2. The summed E-state index contributed by atoms with van der Waals surface area (Å²) in [5.74, 6) is -4.49. The number of rotatable bonds is 4. The van der Waals surface area contributed by atoms with E-state index in [9.17, 15) is 22.8 Å². The van der Waals surface area contributed by atoms with E-state index in [0.29, 0.717) is 11.6 Å². The monoisotopic (exact) mass is 406 g/mol. The predicted molar refractivity (Wildman–Crippen MR) is 98.3 cm³/mol. The molecule has 0 saturated carbocycles. The number of halogens is 3. The van der Waals surface area contributed by atoms with Crippen molar-refractivity contribution in [3.05, 3.63) is 76.6 Å². The number of ketones is 1. The largest absolute Gasteiger partial charge is 0.463 e. The van der Waals surface area contributed by atoms with E-state index in [4.69, 9.17) is 12.2 Å². The van der Waals surface area contributed by atoms with Crippen LogP contribution < -0.4 is 10.6 Å². The van der Waals surface area contributed by atoms with Crippen LogP contribution in [0.5, 0.6) is 0 Å². The lowest BCUT2D eigenvalue weighted by atomic mass is 9.89. The Balaban J connectivity index is 2.25. The normalized spacial score (nSPS) is 16.3. The number of hydrogen-bond acceptors (Lipinski definition) is 4. The zero-order chi connectivity index (χ0) is 20.4. The van der Waals surface area contributed by atoms with Crippen LogP contribution >= 0.6 is 12.2 Å². The predicted octanol–water partition coefficient (Wildman–Crippen LogP) is 2.78. The van der Waals surface area contributed by atoms with Crippen molar-refractivity contribution in [2.75, 3.05) is 7.11 Å². The molecule has 1 aliphatic heterocycles. The van der Waals surface area contributed by atoms with E-state index in [1.165, 1.54) is 12.1 Å². The fourth-order valence-corrected chi connectivity index (χ4v) is 3.04. The van der Waals surface area contributed by atoms with Crippen LogP contribution in [0.1, 0.15) is 17.2 Å². The molecule has 28 heavy (non-hydrogen) atoms. The van der Waals surface area contributed by atoms with Crippen molar-refractivity contribution in [3.8, 4) is 0 Å². The number of benzene rings is 2. The van der Waals surface area contributed by atoms with Crippen LogP contribution in [0.15, 0.2) is 48.0 Å². The Morgan fingerprint density at radius 1 is 1.04 bits per heavy atom. The van der Waals surface area contributed by atoms with Crippen LogP contribution in [-0.2, 0) is 14.3 Å². The van der Waals surface area contributed by atoms with Crippen molar-refractivity contribution in [2.24, 2.45) is 0 Å². The second kappa shape index (κ2) is 7.81. The first-order valence-corrected chi connectivity index (χ1v) is 8.38. The fraction of sp³-hybridized carbons (Fsp3) is 0.105. The van der Waals surface area contributed by atoms with Gasteiger partial charge in [0, 0.05) is 11.6 Å². The molecule has 0 amide bonds. The molecule has 0 fully saturated rings. The van der Waals surface area contributed by atoms with Gasteiger partial charge in [0.15, 0.2) is 5.11 Å². The van der Waals surface area contributed by atoms with E-state index in [0.717, 1.165) is 31.4 Å². The Morgan fingerprint density at radius 3 is 2.29 bits per heavy atom.